The predicted molar refractivity (Wildman–Crippen MR) is 110 cm³/mol. The Labute approximate surface area is 173 Å². The van der Waals surface area contributed by atoms with E-state index in [1.165, 1.54) is 14.0 Å². The molecule has 1 aromatic carbocycles. The van der Waals surface area contributed by atoms with Crippen molar-refractivity contribution in [2.24, 2.45) is 0 Å². The standard InChI is InChI=1S/C22H21N3O5/c1-15(26)17-5-6-18(20(12-17)28-2)30-14-21(27)25-22-19(4-3-9-24-22)29-13-16-7-10-23-11-8-16/h3-12H,13-14H2,1-2H3,(H,24,25,27). The summed E-state index contributed by atoms with van der Waals surface area (Å²) in [5, 5.41) is 2.68. The Hall–Kier alpha value is -3.94. The summed E-state index contributed by atoms with van der Waals surface area (Å²) in [4.78, 5) is 32.0. The number of ketones is 1. The zero-order chi connectivity index (χ0) is 21.3. The molecule has 0 saturated carbocycles. The lowest BCUT2D eigenvalue weighted by molar-refractivity contribution is -0.118. The van der Waals surface area contributed by atoms with Crippen molar-refractivity contribution in [1.82, 2.24) is 9.97 Å². The topological polar surface area (TPSA) is 99.6 Å². The number of carbonyl (C=O) groups is 2. The van der Waals surface area contributed by atoms with E-state index in [0.29, 0.717) is 35.2 Å². The average Bonchev–Trinajstić information content (AvgIpc) is 2.77. The van der Waals surface area contributed by atoms with Gasteiger partial charge in [-0.2, -0.15) is 0 Å². The minimum absolute atomic E-state index is 0.0907. The molecule has 0 aliphatic carbocycles. The van der Waals surface area contributed by atoms with E-state index in [4.69, 9.17) is 14.2 Å². The fourth-order valence-corrected chi connectivity index (χ4v) is 2.56. The number of nitrogens with one attached hydrogen (secondary N) is 1. The van der Waals surface area contributed by atoms with Crippen LogP contribution in [-0.2, 0) is 11.4 Å². The summed E-state index contributed by atoms with van der Waals surface area (Å²) in [6.45, 7) is 1.51. The van der Waals surface area contributed by atoms with Gasteiger partial charge < -0.3 is 19.5 Å². The van der Waals surface area contributed by atoms with Gasteiger partial charge in [-0.15, -0.1) is 0 Å². The van der Waals surface area contributed by atoms with Crippen LogP contribution in [0.3, 0.4) is 0 Å². The molecule has 1 amide bonds. The molecule has 2 heterocycles. The maximum atomic E-state index is 12.4. The van der Waals surface area contributed by atoms with Crippen LogP contribution in [0.4, 0.5) is 5.82 Å². The van der Waals surface area contributed by atoms with E-state index >= 15 is 0 Å². The molecule has 0 saturated heterocycles. The molecular weight excluding hydrogens is 386 g/mol. The average molecular weight is 407 g/mol. The molecule has 154 valence electrons. The zero-order valence-electron chi connectivity index (χ0n) is 16.6. The van der Waals surface area contributed by atoms with Crippen molar-refractivity contribution in [3.05, 3.63) is 72.2 Å². The summed E-state index contributed by atoms with van der Waals surface area (Å²) in [6.07, 6.45) is 4.91. The molecule has 0 bridgehead atoms. The largest absolute Gasteiger partial charge is 0.493 e. The van der Waals surface area contributed by atoms with Gasteiger partial charge in [0.25, 0.3) is 5.91 Å². The normalized spacial score (nSPS) is 10.2. The molecule has 0 radical (unpaired) electrons. The van der Waals surface area contributed by atoms with E-state index in [9.17, 15) is 9.59 Å². The SMILES string of the molecule is COc1cc(C(C)=O)ccc1OCC(=O)Nc1ncccc1OCc1ccncc1. The smallest absolute Gasteiger partial charge is 0.263 e. The number of ether oxygens (including phenoxy) is 3. The van der Waals surface area contributed by atoms with Gasteiger partial charge in [-0.3, -0.25) is 14.6 Å². The van der Waals surface area contributed by atoms with Gasteiger partial charge in [0.2, 0.25) is 0 Å². The van der Waals surface area contributed by atoms with Crippen molar-refractivity contribution in [2.45, 2.75) is 13.5 Å². The number of hydrogen-bond acceptors (Lipinski definition) is 7. The van der Waals surface area contributed by atoms with Crippen LogP contribution in [0.2, 0.25) is 0 Å². The van der Waals surface area contributed by atoms with Crippen LogP contribution < -0.4 is 19.5 Å². The van der Waals surface area contributed by atoms with Gasteiger partial charge in [-0.1, -0.05) is 0 Å². The summed E-state index contributed by atoms with van der Waals surface area (Å²) in [6, 6.07) is 11.9. The highest BCUT2D eigenvalue weighted by atomic mass is 16.5. The van der Waals surface area contributed by atoms with Crippen LogP contribution in [-0.4, -0.2) is 35.4 Å². The molecular formula is C22H21N3O5. The zero-order valence-corrected chi connectivity index (χ0v) is 16.6. The minimum atomic E-state index is -0.417. The molecule has 8 nitrogen and oxygen atoms in total. The molecule has 0 aliphatic rings. The number of benzene rings is 1. The van der Waals surface area contributed by atoms with Gasteiger partial charge in [-0.25, -0.2) is 4.98 Å². The van der Waals surface area contributed by atoms with Gasteiger partial charge in [0.05, 0.1) is 7.11 Å². The lowest BCUT2D eigenvalue weighted by Gasteiger charge is -2.13. The first-order valence-corrected chi connectivity index (χ1v) is 9.15. The molecule has 3 rings (SSSR count). The third-order valence-electron chi connectivity index (χ3n) is 4.10. The van der Waals surface area contributed by atoms with Crippen LogP contribution in [0.15, 0.2) is 61.1 Å². The van der Waals surface area contributed by atoms with E-state index in [-0.39, 0.29) is 12.4 Å². The van der Waals surface area contributed by atoms with Crippen molar-refractivity contribution >= 4 is 17.5 Å². The fraction of sp³-hybridized carbons (Fsp3) is 0.182. The number of methoxy groups -OCH3 is 1. The summed E-state index contributed by atoms with van der Waals surface area (Å²) in [7, 11) is 1.46. The fourth-order valence-electron chi connectivity index (χ4n) is 2.56. The number of carbonyl (C=O) groups excluding carboxylic acids is 2. The number of aromatic nitrogens is 2. The van der Waals surface area contributed by atoms with Gasteiger partial charge in [0, 0.05) is 24.2 Å². The van der Waals surface area contributed by atoms with E-state index in [2.05, 4.69) is 15.3 Å². The number of nitrogens with zero attached hydrogens (tertiary/aromatic N) is 2. The third kappa shape index (κ3) is 5.54. The van der Waals surface area contributed by atoms with E-state index in [1.54, 1.807) is 48.9 Å². The van der Waals surface area contributed by atoms with Crippen LogP contribution >= 0.6 is 0 Å². The Morgan fingerprint density at radius 1 is 0.967 bits per heavy atom. The highest BCUT2D eigenvalue weighted by Gasteiger charge is 2.13. The highest BCUT2D eigenvalue weighted by molar-refractivity contribution is 5.95. The van der Waals surface area contributed by atoms with E-state index in [1.807, 2.05) is 12.1 Å². The van der Waals surface area contributed by atoms with Crippen molar-refractivity contribution in [3.63, 3.8) is 0 Å². The highest BCUT2D eigenvalue weighted by Crippen LogP contribution is 2.28. The molecule has 0 fully saturated rings. The first-order valence-electron chi connectivity index (χ1n) is 9.15. The molecule has 0 aliphatic heterocycles. The second-order valence-corrected chi connectivity index (χ2v) is 6.25. The van der Waals surface area contributed by atoms with Gasteiger partial charge in [0.1, 0.15) is 6.61 Å². The lowest BCUT2D eigenvalue weighted by Crippen LogP contribution is -2.21. The maximum absolute atomic E-state index is 12.4. The van der Waals surface area contributed by atoms with Crippen molar-refractivity contribution < 1.29 is 23.8 Å². The van der Waals surface area contributed by atoms with E-state index in [0.717, 1.165) is 5.56 Å². The number of amides is 1. The molecule has 3 aromatic rings. The van der Waals surface area contributed by atoms with Crippen molar-refractivity contribution in [1.29, 1.82) is 0 Å². The van der Waals surface area contributed by atoms with Gasteiger partial charge >= 0.3 is 0 Å². The monoisotopic (exact) mass is 407 g/mol. The predicted octanol–water partition coefficient (Wildman–Crippen LogP) is 3.28. The van der Waals surface area contributed by atoms with E-state index < -0.39 is 5.91 Å². The Morgan fingerprint density at radius 2 is 1.77 bits per heavy atom. The molecule has 0 unspecified atom stereocenters. The molecule has 0 spiro atoms. The number of pyridine rings is 2. The first-order chi connectivity index (χ1) is 14.6. The Bertz CT molecular complexity index is 1020. The summed E-state index contributed by atoms with van der Waals surface area (Å²) in [5.74, 6) is 0.944. The molecule has 1 N–H and O–H groups in total. The number of hydrogen-bond donors (Lipinski definition) is 1. The van der Waals surface area contributed by atoms with Crippen molar-refractivity contribution in [2.75, 3.05) is 19.0 Å². The Kier molecular flexibility index (Phi) is 6.94. The maximum Gasteiger partial charge on any atom is 0.263 e. The number of anilines is 1. The van der Waals surface area contributed by atoms with Crippen molar-refractivity contribution in [3.8, 4) is 17.2 Å². The molecule has 30 heavy (non-hydrogen) atoms. The van der Waals surface area contributed by atoms with Gasteiger partial charge in [-0.05, 0) is 55.0 Å². The summed E-state index contributed by atoms with van der Waals surface area (Å²) >= 11 is 0. The number of Topliss-reactive ketones (excluding diaryl/α,β-unsaturated/α-hetero) is 1. The Balaban J connectivity index is 1.61. The number of rotatable bonds is 9. The molecule has 0 atom stereocenters. The van der Waals surface area contributed by atoms with Crippen LogP contribution in [0, 0.1) is 0 Å². The minimum Gasteiger partial charge on any atom is -0.493 e. The van der Waals surface area contributed by atoms with Gasteiger partial charge in [0.15, 0.2) is 35.5 Å². The van der Waals surface area contributed by atoms with Crippen LogP contribution in [0.5, 0.6) is 17.2 Å². The van der Waals surface area contributed by atoms with Crippen LogP contribution in [0.1, 0.15) is 22.8 Å². The lowest BCUT2D eigenvalue weighted by atomic mass is 10.1. The molecule has 8 heteroatoms. The quantitative estimate of drug-likeness (QED) is 0.543. The second kappa shape index (κ2) is 10.0. The Morgan fingerprint density at radius 3 is 2.50 bits per heavy atom. The summed E-state index contributed by atoms with van der Waals surface area (Å²) < 4.78 is 16.5. The first kappa shape index (κ1) is 20.8. The summed E-state index contributed by atoms with van der Waals surface area (Å²) in [5.41, 5.74) is 1.43. The third-order valence-corrected chi connectivity index (χ3v) is 4.10. The molecule has 2 aromatic heterocycles. The second-order valence-electron chi connectivity index (χ2n) is 6.25. The van der Waals surface area contributed by atoms with Crippen LogP contribution in [0.25, 0.3) is 0 Å².